The van der Waals surface area contributed by atoms with E-state index in [0.717, 1.165) is 30.9 Å². The van der Waals surface area contributed by atoms with Crippen LogP contribution in [-0.4, -0.2) is 45.8 Å². The monoisotopic (exact) mass is 354 g/mol. The molecule has 1 aliphatic carbocycles. The molecule has 26 heavy (non-hydrogen) atoms. The van der Waals surface area contributed by atoms with E-state index in [-0.39, 0.29) is 6.04 Å². The summed E-state index contributed by atoms with van der Waals surface area (Å²) < 4.78 is 10.8. The molecule has 0 aromatic heterocycles. The molecule has 4 nitrogen and oxygen atoms in total. The minimum absolute atomic E-state index is 0.284. The quantitative estimate of drug-likeness (QED) is 0.826. The van der Waals surface area contributed by atoms with E-state index >= 15 is 0 Å². The first-order valence-corrected chi connectivity index (χ1v) is 9.31. The van der Waals surface area contributed by atoms with E-state index in [1.807, 2.05) is 6.07 Å². The molecule has 0 fully saturated rings. The fourth-order valence-corrected chi connectivity index (χ4v) is 3.81. The fourth-order valence-electron chi connectivity index (χ4n) is 3.81. The standard InChI is InChI=1S/C22H30N2O2/c1-24(2)20(18-10-12-21(25-3)22(14-18)26-4)15-23-19-11-9-16-7-5-6-8-17(16)13-19/h5-8,10,12,14,19-20,23H,9,11,13,15H2,1-4H3/t19-,20-/m0/s1. The summed E-state index contributed by atoms with van der Waals surface area (Å²) in [6.07, 6.45) is 3.47. The zero-order chi connectivity index (χ0) is 18.5. The highest BCUT2D eigenvalue weighted by atomic mass is 16.5. The zero-order valence-electron chi connectivity index (χ0n) is 16.3. The Labute approximate surface area is 157 Å². The van der Waals surface area contributed by atoms with Crippen LogP contribution in [-0.2, 0) is 12.8 Å². The van der Waals surface area contributed by atoms with Crippen LogP contribution in [0.4, 0.5) is 0 Å². The third-order valence-corrected chi connectivity index (χ3v) is 5.36. The first kappa shape index (κ1) is 18.7. The number of methoxy groups -OCH3 is 2. The predicted molar refractivity (Wildman–Crippen MR) is 106 cm³/mol. The summed E-state index contributed by atoms with van der Waals surface area (Å²) in [5.41, 5.74) is 4.23. The second-order valence-electron chi connectivity index (χ2n) is 7.21. The van der Waals surface area contributed by atoms with Crippen LogP contribution in [0.1, 0.15) is 29.2 Å². The van der Waals surface area contributed by atoms with Gasteiger partial charge in [0.25, 0.3) is 0 Å². The number of rotatable bonds is 7. The van der Waals surface area contributed by atoms with E-state index in [1.165, 1.54) is 23.1 Å². The lowest BCUT2D eigenvalue weighted by molar-refractivity contribution is 0.273. The van der Waals surface area contributed by atoms with Gasteiger partial charge in [0, 0.05) is 18.6 Å². The molecule has 2 aromatic rings. The average Bonchev–Trinajstić information content (AvgIpc) is 2.67. The molecule has 0 saturated carbocycles. The number of nitrogens with zero attached hydrogens (tertiary/aromatic N) is 1. The van der Waals surface area contributed by atoms with Crippen molar-refractivity contribution in [2.45, 2.75) is 31.3 Å². The van der Waals surface area contributed by atoms with E-state index in [2.05, 4.69) is 60.7 Å². The molecule has 0 amide bonds. The Morgan fingerprint density at radius 1 is 1.04 bits per heavy atom. The molecule has 0 saturated heterocycles. The van der Waals surface area contributed by atoms with Crippen molar-refractivity contribution >= 4 is 0 Å². The van der Waals surface area contributed by atoms with Crippen molar-refractivity contribution in [1.82, 2.24) is 10.2 Å². The van der Waals surface area contributed by atoms with E-state index in [4.69, 9.17) is 9.47 Å². The van der Waals surface area contributed by atoms with Crippen LogP contribution in [0.3, 0.4) is 0 Å². The Hall–Kier alpha value is -2.04. The van der Waals surface area contributed by atoms with Gasteiger partial charge in [0.15, 0.2) is 11.5 Å². The number of nitrogens with one attached hydrogen (secondary N) is 1. The Bertz CT molecular complexity index is 730. The van der Waals surface area contributed by atoms with Crippen molar-refractivity contribution in [1.29, 1.82) is 0 Å². The van der Waals surface area contributed by atoms with Crippen molar-refractivity contribution in [2.75, 3.05) is 34.9 Å². The molecular weight excluding hydrogens is 324 g/mol. The Kier molecular flexibility index (Phi) is 6.17. The Balaban J connectivity index is 1.68. The molecular formula is C22H30N2O2. The summed E-state index contributed by atoms with van der Waals surface area (Å²) in [4.78, 5) is 2.25. The van der Waals surface area contributed by atoms with Crippen molar-refractivity contribution in [3.05, 3.63) is 59.2 Å². The molecule has 0 heterocycles. The first-order chi connectivity index (χ1) is 12.6. The average molecular weight is 354 g/mol. The molecule has 1 aliphatic rings. The molecule has 4 heteroatoms. The van der Waals surface area contributed by atoms with Gasteiger partial charge in [-0.05, 0) is 62.2 Å². The van der Waals surface area contributed by atoms with E-state index < -0.39 is 0 Å². The molecule has 0 spiro atoms. The first-order valence-electron chi connectivity index (χ1n) is 9.31. The lowest BCUT2D eigenvalue weighted by Crippen LogP contribution is -2.40. The van der Waals surface area contributed by atoms with Gasteiger partial charge in [-0.25, -0.2) is 0 Å². The van der Waals surface area contributed by atoms with Crippen LogP contribution in [0.2, 0.25) is 0 Å². The lowest BCUT2D eigenvalue weighted by Gasteiger charge is -2.30. The number of aryl methyl sites for hydroxylation is 1. The topological polar surface area (TPSA) is 33.7 Å². The molecule has 2 aromatic carbocycles. The summed E-state index contributed by atoms with van der Waals surface area (Å²) in [6, 6.07) is 15.8. The largest absolute Gasteiger partial charge is 0.493 e. The highest BCUT2D eigenvalue weighted by molar-refractivity contribution is 5.44. The van der Waals surface area contributed by atoms with Gasteiger partial charge in [-0.2, -0.15) is 0 Å². The van der Waals surface area contributed by atoms with Crippen molar-refractivity contribution in [3.63, 3.8) is 0 Å². The van der Waals surface area contributed by atoms with E-state index in [9.17, 15) is 0 Å². The second kappa shape index (κ2) is 8.56. The van der Waals surface area contributed by atoms with Gasteiger partial charge in [0.2, 0.25) is 0 Å². The van der Waals surface area contributed by atoms with Gasteiger partial charge in [0.05, 0.1) is 14.2 Å². The summed E-state index contributed by atoms with van der Waals surface area (Å²) in [6.45, 7) is 0.912. The second-order valence-corrected chi connectivity index (χ2v) is 7.21. The summed E-state index contributed by atoms with van der Waals surface area (Å²) in [5, 5.41) is 3.79. The number of hydrogen-bond donors (Lipinski definition) is 1. The normalized spacial score (nSPS) is 17.7. The molecule has 2 atom stereocenters. The number of fused-ring (bicyclic) bond motifs is 1. The summed E-state index contributed by atoms with van der Waals surface area (Å²) in [7, 11) is 7.60. The van der Waals surface area contributed by atoms with Crippen molar-refractivity contribution < 1.29 is 9.47 Å². The van der Waals surface area contributed by atoms with Crippen LogP contribution in [0.5, 0.6) is 11.5 Å². The van der Waals surface area contributed by atoms with Gasteiger partial charge < -0.3 is 19.7 Å². The molecule has 1 N–H and O–H groups in total. The molecule has 140 valence electrons. The number of benzene rings is 2. The Morgan fingerprint density at radius 2 is 1.77 bits per heavy atom. The zero-order valence-corrected chi connectivity index (χ0v) is 16.3. The number of likely N-dealkylation sites (N-methyl/N-ethyl adjacent to an activating group) is 1. The molecule has 3 rings (SSSR count). The highest BCUT2D eigenvalue weighted by Crippen LogP contribution is 2.31. The van der Waals surface area contributed by atoms with E-state index in [1.54, 1.807) is 14.2 Å². The number of hydrogen-bond acceptors (Lipinski definition) is 4. The third-order valence-electron chi connectivity index (χ3n) is 5.36. The van der Waals surface area contributed by atoms with Gasteiger partial charge in [-0.1, -0.05) is 30.3 Å². The lowest BCUT2D eigenvalue weighted by atomic mass is 9.88. The molecule has 0 aliphatic heterocycles. The highest BCUT2D eigenvalue weighted by Gasteiger charge is 2.21. The fraction of sp³-hybridized carbons (Fsp3) is 0.455. The molecule has 0 radical (unpaired) electrons. The van der Waals surface area contributed by atoms with Crippen LogP contribution < -0.4 is 14.8 Å². The maximum absolute atomic E-state index is 5.48. The minimum atomic E-state index is 0.284. The Morgan fingerprint density at radius 3 is 2.46 bits per heavy atom. The predicted octanol–water partition coefficient (Wildman–Crippen LogP) is 3.45. The van der Waals surface area contributed by atoms with Gasteiger partial charge in [-0.15, -0.1) is 0 Å². The summed E-state index contributed by atoms with van der Waals surface area (Å²) >= 11 is 0. The molecule has 0 bridgehead atoms. The SMILES string of the molecule is COc1ccc([C@H](CN[C@H]2CCc3ccccc3C2)N(C)C)cc1OC. The van der Waals surface area contributed by atoms with Gasteiger partial charge >= 0.3 is 0 Å². The van der Waals surface area contributed by atoms with Gasteiger partial charge in [0.1, 0.15) is 0 Å². The van der Waals surface area contributed by atoms with Crippen LogP contribution in [0, 0.1) is 0 Å². The number of ether oxygens (including phenoxy) is 2. The van der Waals surface area contributed by atoms with Crippen molar-refractivity contribution in [3.8, 4) is 11.5 Å². The smallest absolute Gasteiger partial charge is 0.161 e. The maximum atomic E-state index is 5.48. The van der Waals surface area contributed by atoms with Crippen LogP contribution >= 0.6 is 0 Å². The van der Waals surface area contributed by atoms with Crippen LogP contribution in [0.25, 0.3) is 0 Å². The molecule has 0 unspecified atom stereocenters. The minimum Gasteiger partial charge on any atom is -0.493 e. The van der Waals surface area contributed by atoms with Crippen molar-refractivity contribution in [2.24, 2.45) is 0 Å². The maximum Gasteiger partial charge on any atom is 0.161 e. The van der Waals surface area contributed by atoms with Gasteiger partial charge in [-0.3, -0.25) is 0 Å². The third kappa shape index (κ3) is 4.19. The van der Waals surface area contributed by atoms with Crippen LogP contribution in [0.15, 0.2) is 42.5 Å². The van der Waals surface area contributed by atoms with E-state index in [0.29, 0.717) is 6.04 Å². The summed E-state index contributed by atoms with van der Waals surface area (Å²) in [5.74, 6) is 1.55.